The van der Waals surface area contributed by atoms with E-state index in [1.54, 1.807) is 17.0 Å². The fourth-order valence-corrected chi connectivity index (χ4v) is 5.12. The van der Waals surface area contributed by atoms with E-state index in [4.69, 9.17) is 0 Å². The van der Waals surface area contributed by atoms with E-state index in [1.165, 1.54) is 12.1 Å². The van der Waals surface area contributed by atoms with E-state index in [9.17, 15) is 18.0 Å². The van der Waals surface area contributed by atoms with Crippen molar-refractivity contribution in [2.75, 3.05) is 18.4 Å². The van der Waals surface area contributed by atoms with Gasteiger partial charge in [0.1, 0.15) is 0 Å². The monoisotopic (exact) mass is 441 g/mol. The summed E-state index contributed by atoms with van der Waals surface area (Å²) in [7, 11) is -3.58. The molecular formula is C23H27N3O4S. The van der Waals surface area contributed by atoms with E-state index in [2.05, 4.69) is 10.0 Å². The number of anilines is 1. The summed E-state index contributed by atoms with van der Waals surface area (Å²) in [6.07, 6.45) is 3.50. The lowest BCUT2D eigenvalue weighted by molar-refractivity contribution is -0.133. The Balaban J connectivity index is 1.37. The van der Waals surface area contributed by atoms with Gasteiger partial charge in [0, 0.05) is 24.8 Å². The molecule has 1 aliphatic carbocycles. The van der Waals surface area contributed by atoms with Crippen LogP contribution in [0.2, 0.25) is 0 Å². The van der Waals surface area contributed by atoms with Crippen molar-refractivity contribution in [2.24, 2.45) is 5.92 Å². The molecule has 4 rings (SSSR count). The molecule has 1 heterocycles. The number of hydrogen-bond acceptors (Lipinski definition) is 4. The van der Waals surface area contributed by atoms with Crippen molar-refractivity contribution in [3.8, 4) is 0 Å². The van der Waals surface area contributed by atoms with Crippen LogP contribution in [0.15, 0.2) is 59.5 Å². The van der Waals surface area contributed by atoms with E-state index >= 15 is 0 Å². The molecule has 0 bridgehead atoms. The van der Waals surface area contributed by atoms with Gasteiger partial charge in [-0.15, -0.1) is 0 Å². The van der Waals surface area contributed by atoms with E-state index in [0.717, 1.165) is 24.8 Å². The van der Waals surface area contributed by atoms with Gasteiger partial charge in [0.05, 0.1) is 17.2 Å². The molecule has 2 N–H and O–H groups in total. The Morgan fingerprint density at radius 3 is 2.52 bits per heavy atom. The normalized spacial score (nSPS) is 19.1. The SMILES string of the molecule is O=C(Nc1cccc(S(=O)(=O)NC2CC2)c1)C1CCCN(C(=O)Cc2ccccc2)C1. The van der Waals surface area contributed by atoms with Gasteiger partial charge in [0.2, 0.25) is 21.8 Å². The molecule has 2 aromatic carbocycles. The minimum absolute atomic E-state index is 0.0166. The highest BCUT2D eigenvalue weighted by atomic mass is 32.2. The molecule has 1 saturated carbocycles. The van der Waals surface area contributed by atoms with Crippen LogP contribution in [0.1, 0.15) is 31.2 Å². The second-order valence-corrected chi connectivity index (χ2v) is 9.97. The maximum Gasteiger partial charge on any atom is 0.240 e. The predicted octanol–water partition coefficient (Wildman–Crippen LogP) is 2.55. The van der Waals surface area contributed by atoms with Gasteiger partial charge >= 0.3 is 0 Å². The van der Waals surface area contributed by atoms with Crippen LogP contribution in [-0.4, -0.2) is 44.3 Å². The number of nitrogens with zero attached hydrogens (tertiary/aromatic N) is 1. The van der Waals surface area contributed by atoms with Crippen LogP contribution in [0.5, 0.6) is 0 Å². The summed E-state index contributed by atoms with van der Waals surface area (Å²) in [4.78, 5) is 27.4. The molecule has 1 aliphatic heterocycles. The second kappa shape index (κ2) is 9.20. The molecule has 2 aliphatic rings. The van der Waals surface area contributed by atoms with Crippen molar-refractivity contribution >= 4 is 27.5 Å². The maximum atomic E-state index is 12.8. The third kappa shape index (κ3) is 5.71. The lowest BCUT2D eigenvalue weighted by Crippen LogP contribution is -2.44. The number of rotatable bonds is 7. The number of carbonyl (C=O) groups excluding carboxylic acids is 2. The first-order valence-corrected chi connectivity index (χ1v) is 12.1. The van der Waals surface area contributed by atoms with Gasteiger partial charge in [-0.05, 0) is 49.4 Å². The third-order valence-corrected chi connectivity index (χ3v) is 7.17. The zero-order chi connectivity index (χ0) is 21.8. The van der Waals surface area contributed by atoms with Gasteiger partial charge in [-0.25, -0.2) is 13.1 Å². The summed E-state index contributed by atoms with van der Waals surface area (Å²) in [6, 6.07) is 15.9. The van der Waals surface area contributed by atoms with Gasteiger partial charge in [0.15, 0.2) is 0 Å². The Labute approximate surface area is 182 Å². The van der Waals surface area contributed by atoms with Crippen molar-refractivity contribution < 1.29 is 18.0 Å². The van der Waals surface area contributed by atoms with Crippen molar-refractivity contribution in [2.45, 2.75) is 43.0 Å². The molecule has 2 fully saturated rings. The number of sulfonamides is 1. The Morgan fingerprint density at radius 1 is 1.00 bits per heavy atom. The average Bonchev–Trinajstić information content (AvgIpc) is 3.58. The van der Waals surface area contributed by atoms with Gasteiger partial charge in [-0.2, -0.15) is 0 Å². The molecule has 164 valence electrons. The molecule has 2 aromatic rings. The topological polar surface area (TPSA) is 95.6 Å². The summed E-state index contributed by atoms with van der Waals surface area (Å²) >= 11 is 0. The van der Waals surface area contributed by atoms with Crippen LogP contribution >= 0.6 is 0 Å². The molecule has 0 radical (unpaired) electrons. The first-order valence-electron chi connectivity index (χ1n) is 10.7. The number of hydrogen-bond donors (Lipinski definition) is 2. The summed E-state index contributed by atoms with van der Waals surface area (Å²) in [6.45, 7) is 1.02. The number of nitrogens with one attached hydrogen (secondary N) is 2. The molecule has 7 nitrogen and oxygen atoms in total. The highest BCUT2D eigenvalue weighted by molar-refractivity contribution is 7.89. The molecule has 1 unspecified atom stereocenters. The summed E-state index contributed by atoms with van der Waals surface area (Å²) < 4.78 is 27.5. The molecule has 0 aromatic heterocycles. The van der Waals surface area contributed by atoms with Crippen molar-refractivity contribution in [3.63, 3.8) is 0 Å². The quantitative estimate of drug-likeness (QED) is 0.690. The van der Waals surface area contributed by atoms with E-state index < -0.39 is 10.0 Å². The number of benzene rings is 2. The van der Waals surface area contributed by atoms with Crippen molar-refractivity contribution in [1.29, 1.82) is 0 Å². The van der Waals surface area contributed by atoms with Gasteiger partial charge in [-0.1, -0.05) is 36.4 Å². The molecule has 1 atom stereocenters. The smallest absolute Gasteiger partial charge is 0.240 e. The second-order valence-electron chi connectivity index (χ2n) is 8.25. The maximum absolute atomic E-state index is 12.8. The Kier molecular flexibility index (Phi) is 6.38. The lowest BCUT2D eigenvalue weighted by atomic mass is 9.96. The van der Waals surface area contributed by atoms with Crippen LogP contribution in [0.25, 0.3) is 0 Å². The highest BCUT2D eigenvalue weighted by Gasteiger charge is 2.30. The standard InChI is InChI=1S/C23H27N3O4S/c27-22(14-17-6-2-1-3-7-17)26-13-5-8-18(16-26)23(28)24-20-9-4-10-21(15-20)31(29,30)25-19-11-12-19/h1-4,6-7,9-10,15,18-19,25H,5,8,11-14,16H2,(H,24,28). The van der Waals surface area contributed by atoms with Crippen LogP contribution in [0.3, 0.4) is 0 Å². The van der Waals surface area contributed by atoms with Crippen LogP contribution in [0.4, 0.5) is 5.69 Å². The molecule has 0 spiro atoms. The molecule has 8 heteroatoms. The first-order chi connectivity index (χ1) is 14.9. The molecule has 1 saturated heterocycles. The zero-order valence-electron chi connectivity index (χ0n) is 17.3. The minimum Gasteiger partial charge on any atom is -0.342 e. The average molecular weight is 442 g/mol. The Morgan fingerprint density at radius 2 is 1.77 bits per heavy atom. The first kappa shape index (κ1) is 21.5. The fraction of sp³-hybridized carbons (Fsp3) is 0.391. The summed E-state index contributed by atoms with van der Waals surface area (Å²) in [5, 5.41) is 2.83. The minimum atomic E-state index is -3.58. The largest absolute Gasteiger partial charge is 0.342 e. The number of carbonyl (C=O) groups is 2. The van der Waals surface area contributed by atoms with Gasteiger partial charge < -0.3 is 10.2 Å². The van der Waals surface area contributed by atoms with Gasteiger partial charge in [0.25, 0.3) is 0 Å². The van der Waals surface area contributed by atoms with Crippen molar-refractivity contribution in [3.05, 3.63) is 60.2 Å². The number of piperidine rings is 1. The van der Waals surface area contributed by atoms with Gasteiger partial charge in [-0.3, -0.25) is 9.59 Å². The van der Waals surface area contributed by atoms with Crippen LogP contribution in [-0.2, 0) is 26.0 Å². The summed E-state index contributed by atoms with van der Waals surface area (Å²) in [5.74, 6) is -0.497. The molecule has 2 amide bonds. The molecule has 31 heavy (non-hydrogen) atoms. The van der Waals surface area contributed by atoms with E-state index in [1.807, 2.05) is 30.3 Å². The predicted molar refractivity (Wildman–Crippen MR) is 118 cm³/mol. The number of amides is 2. The van der Waals surface area contributed by atoms with Crippen molar-refractivity contribution in [1.82, 2.24) is 9.62 Å². The van der Waals surface area contributed by atoms with E-state index in [0.29, 0.717) is 31.6 Å². The fourth-order valence-electron chi connectivity index (χ4n) is 3.77. The third-order valence-electron chi connectivity index (χ3n) is 5.65. The lowest BCUT2D eigenvalue weighted by Gasteiger charge is -2.32. The number of likely N-dealkylation sites (tertiary alicyclic amines) is 1. The molecular weight excluding hydrogens is 414 g/mol. The Hall–Kier alpha value is -2.71. The van der Waals surface area contributed by atoms with E-state index in [-0.39, 0.29) is 28.7 Å². The zero-order valence-corrected chi connectivity index (χ0v) is 18.1. The summed E-state index contributed by atoms with van der Waals surface area (Å²) in [5.41, 5.74) is 1.40. The Bertz CT molecular complexity index is 1050. The van der Waals surface area contributed by atoms with Crippen LogP contribution < -0.4 is 10.0 Å². The van der Waals surface area contributed by atoms with Crippen LogP contribution in [0, 0.1) is 5.92 Å². The highest BCUT2D eigenvalue weighted by Crippen LogP contribution is 2.24.